The number of para-hydroxylation sites is 1. The summed E-state index contributed by atoms with van der Waals surface area (Å²) in [6.07, 6.45) is 2.36. The molecule has 7 nitrogen and oxygen atoms in total. The monoisotopic (exact) mass is 559 g/mol. The molecule has 1 aromatic heterocycles. The number of nitrogens with zero attached hydrogens (tertiary/aromatic N) is 3. The second-order valence-corrected chi connectivity index (χ2v) is 10.9. The van der Waals surface area contributed by atoms with Gasteiger partial charge in [-0.25, -0.2) is 0 Å². The van der Waals surface area contributed by atoms with Gasteiger partial charge in [-0.2, -0.15) is 0 Å². The van der Waals surface area contributed by atoms with Gasteiger partial charge in [0.25, 0.3) is 5.91 Å². The fraction of sp³-hybridized carbons (Fsp3) is 0.333. The molecule has 0 aliphatic carbocycles. The van der Waals surface area contributed by atoms with Crippen molar-refractivity contribution in [2.45, 2.75) is 51.9 Å². The highest BCUT2D eigenvalue weighted by Crippen LogP contribution is 2.27. The zero-order chi connectivity index (χ0) is 27.1. The van der Waals surface area contributed by atoms with Crippen LogP contribution in [0.15, 0.2) is 54.2 Å². The molecule has 2 N–H and O–H groups in total. The molecule has 0 saturated carbocycles. The Labute approximate surface area is 232 Å². The van der Waals surface area contributed by atoms with E-state index >= 15 is 0 Å². The fourth-order valence-corrected chi connectivity index (χ4v) is 5.14. The average Bonchev–Trinajstić information content (AvgIpc) is 3.22. The molecule has 1 heterocycles. The summed E-state index contributed by atoms with van der Waals surface area (Å²) in [5.74, 6) is 0.540. The Kier molecular flexibility index (Phi) is 10.2. The van der Waals surface area contributed by atoms with Crippen LogP contribution in [0.5, 0.6) is 0 Å². The Hall–Kier alpha value is -2.81. The highest BCUT2D eigenvalue weighted by atomic mass is 35.5. The normalized spacial score (nSPS) is 11.9. The molecule has 2 amide bonds. The van der Waals surface area contributed by atoms with Crippen LogP contribution in [0.25, 0.3) is 0 Å². The molecule has 0 spiro atoms. The maximum Gasteiger partial charge on any atom is 0.253 e. The summed E-state index contributed by atoms with van der Waals surface area (Å²) in [6.45, 7) is 12.3. The molecule has 0 saturated heterocycles. The van der Waals surface area contributed by atoms with Crippen LogP contribution in [0.2, 0.25) is 10.0 Å². The van der Waals surface area contributed by atoms with Crippen LogP contribution in [0.3, 0.4) is 0 Å². The van der Waals surface area contributed by atoms with Crippen LogP contribution in [0.1, 0.15) is 53.6 Å². The molecule has 0 bridgehead atoms. The molecule has 0 unspecified atom stereocenters. The quantitative estimate of drug-likeness (QED) is 0.203. The van der Waals surface area contributed by atoms with E-state index in [1.165, 1.54) is 17.8 Å². The second-order valence-electron chi connectivity index (χ2n) is 9.12. The standard InChI is InChI=1S/C27H31Cl2N5O2S/c1-6-12-34-25(22(13-16(2)3)30-26(36)20-11-10-19(28)14-21(20)29)32-33-27(34)37-15-23(35)31-24-17(4)8-7-9-18(24)5/h6-11,14,16,22H,1,12-13,15H2,2-5H3,(H,30,36)(H,31,35)/t22-/m1/s1. The molecule has 0 aliphatic heterocycles. The van der Waals surface area contributed by atoms with Gasteiger partial charge in [0.1, 0.15) is 0 Å². The van der Waals surface area contributed by atoms with Crippen molar-refractivity contribution >= 4 is 52.5 Å². The molecule has 2 aromatic carbocycles. The van der Waals surface area contributed by atoms with Crippen LogP contribution in [0.4, 0.5) is 5.69 Å². The number of hydrogen-bond acceptors (Lipinski definition) is 5. The lowest BCUT2D eigenvalue weighted by Crippen LogP contribution is -2.32. The van der Waals surface area contributed by atoms with E-state index in [4.69, 9.17) is 23.2 Å². The van der Waals surface area contributed by atoms with Crippen molar-refractivity contribution in [3.05, 3.63) is 81.6 Å². The minimum atomic E-state index is -0.426. The number of halogens is 2. The number of nitrogens with one attached hydrogen (secondary N) is 2. The van der Waals surface area contributed by atoms with Gasteiger partial charge in [-0.3, -0.25) is 9.59 Å². The third-order valence-electron chi connectivity index (χ3n) is 5.63. The number of hydrogen-bond donors (Lipinski definition) is 2. The van der Waals surface area contributed by atoms with Crippen molar-refractivity contribution in [1.82, 2.24) is 20.1 Å². The van der Waals surface area contributed by atoms with Crippen LogP contribution < -0.4 is 10.6 Å². The number of carbonyl (C=O) groups excluding carboxylic acids is 2. The number of carbonyl (C=O) groups is 2. The van der Waals surface area contributed by atoms with Crippen LogP contribution >= 0.6 is 35.0 Å². The lowest BCUT2D eigenvalue weighted by molar-refractivity contribution is -0.113. The topological polar surface area (TPSA) is 88.9 Å². The molecule has 3 aromatic rings. The van der Waals surface area contributed by atoms with Gasteiger partial charge in [-0.15, -0.1) is 16.8 Å². The van der Waals surface area contributed by atoms with E-state index in [1.807, 2.05) is 36.6 Å². The maximum atomic E-state index is 13.1. The molecule has 0 radical (unpaired) electrons. The molecule has 10 heteroatoms. The summed E-state index contributed by atoms with van der Waals surface area (Å²) in [6, 6.07) is 10.2. The van der Waals surface area contributed by atoms with Crippen LogP contribution in [0, 0.1) is 19.8 Å². The van der Waals surface area contributed by atoms with E-state index in [0.29, 0.717) is 34.5 Å². The van der Waals surface area contributed by atoms with Crippen molar-refractivity contribution in [3.8, 4) is 0 Å². The molecular weight excluding hydrogens is 529 g/mol. The predicted molar refractivity (Wildman–Crippen MR) is 152 cm³/mol. The van der Waals surface area contributed by atoms with Gasteiger partial charge >= 0.3 is 0 Å². The molecule has 37 heavy (non-hydrogen) atoms. The number of benzene rings is 2. The second kappa shape index (κ2) is 13.1. The van der Waals surface area contributed by atoms with Gasteiger partial charge in [0, 0.05) is 17.3 Å². The Morgan fingerprint density at radius 3 is 2.46 bits per heavy atom. The first-order chi connectivity index (χ1) is 17.6. The number of thioether (sulfide) groups is 1. The van der Waals surface area contributed by atoms with Crippen molar-refractivity contribution in [3.63, 3.8) is 0 Å². The van der Waals surface area contributed by atoms with Crippen molar-refractivity contribution in [2.24, 2.45) is 5.92 Å². The minimum absolute atomic E-state index is 0.137. The number of allylic oxidation sites excluding steroid dienone is 1. The number of anilines is 1. The van der Waals surface area contributed by atoms with E-state index in [2.05, 4.69) is 41.3 Å². The largest absolute Gasteiger partial charge is 0.342 e. The van der Waals surface area contributed by atoms with Crippen molar-refractivity contribution < 1.29 is 9.59 Å². The third-order valence-corrected chi connectivity index (χ3v) is 7.15. The van der Waals surface area contributed by atoms with Gasteiger partial charge in [-0.1, -0.05) is 73.1 Å². The zero-order valence-corrected chi connectivity index (χ0v) is 23.7. The summed E-state index contributed by atoms with van der Waals surface area (Å²) in [7, 11) is 0. The SMILES string of the molecule is C=CCn1c(SCC(=O)Nc2c(C)cccc2C)nnc1[C@@H](CC(C)C)NC(=O)c1ccc(Cl)cc1Cl. The first-order valence-electron chi connectivity index (χ1n) is 11.9. The summed E-state index contributed by atoms with van der Waals surface area (Å²) in [5, 5.41) is 16.1. The Morgan fingerprint density at radius 1 is 1.14 bits per heavy atom. The minimum Gasteiger partial charge on any atom is -0.342 e. The van der Waals surface area contributed by atoms with Gasteiger partial charge in [0.05, 0.1) is 22.4 Å². The van der Waals surface area contributed by atoms with E-state index in [9.17, 15) is 9.59 Å². The van der Waals surface area contributed by atoms with Gasteiger partial charge in [0.2, 0.25) is 5.91 Å². The molecule has 0 aliphatic rings. The van der Waals surface area contributed by atoms with Gasteiger partial charge in [0.15, 0.2) is 11.0 Å². The van der Waals surface area contributed by atoms with Gasteiger partial charge in [-0.05, 0) is 55.5 Å². The van der Waals surface area contributed by atoms with Gasteiger partial charge < -0.3 is 15.2 Å². The Bertz CT molecular complexity index is 1270. The number of amides is 2. The van der Waals surface area contributed by atoms with E-state index in [0.717, 1.165) is 16.8 Å². The van der Waals surface area contributed by atoms with Crippen LogP contribution in [-0.2, 0) is 11.3 Å². The number of aryl methyl sites for hydroxylation is 2. The average molecular weight is 561 g/mol. The first kappa shape index (κ1) is 28.8. The Balaban J connectivity index is 1.80. The highest BCUT2D eigenvalue weighted by molar-refractivity contribution is 7.99. The lowest BCUT2D eigenvalue weighted by atomic mass is 10.0. The summed E-state index contributed by atoms with van der Waals surface area (Å²) in [4.78, 5) is 25.8. The molecule has 0 fully saturated rings. The fourth-order valence-electron chi connectivity index (χ4n) is 3.89. The maximum absolute atomic E-state index is 13.1. The van der Waals surface area contributed by atoms with E-state index < -0.39 is 6.04 Å². The summed E-state index contributed by atoms with van der Waals surface area (Å²) < 4.78 is 1.88. The Morgan fingerprint density at radius 2 is 1.84 bits per heavy atom. The molecular formula is C27H31Cl2N5O2S. The molecule has 3 rings (SSSR count). The van der Waals surface area contributed by atoms with Crippen molar-refractivity contribution in [2.75, 3.05) is 11.1 Å². The summed E-state index contributed by atoms with van der Waals surface area (Å²) in [5.41, 5.74) is 3.15. The molecule has 196 valence electrons. The predicted octanol–water partition coefficient (Wildman–Crippen LogP) is 6.64. The lowest BCUT2D eigenvalue weighted by Gasteiger charge is -2.21. The first-order valence-corrected chi connectivity index (χ1v) is 13.6. The summed E-state index contributed by atoms with van der Waals surface area (Å²) >= 11 is 13.5. The third kappa shape index (κ3) is 7.60. The van der Waals surface area contributed by atoms with E-state index in [1.54, 1.807) is 18.2 Å². The number of rotatable bonds is 11. The molecule has 1 atom stereocenters. The zero-order valence-electron chi connectivity index (χ0n) is 21.3. The highest BCUT2D eigenvalue weighted by Gasteiger charge is 2.25. The van der Waals surface area contributed by atoms with E-state index in [-0.39, 0.29) is 28.5 Å². The number of aromatic nitrogens is 3. The van der Waals surface area contributed by atoms with Crippen molar-refractivity contribution in [1.29, 1.82) is 0 Å². The smallest absolute Gasteiger partial charge is 0.253 e. The van der Waals surface area contributed by atoms with Crippen LogP contribution in [-0.4, -0.2) is 32.3 Å².